The number of fused-ring (bicyclic) bond motifs is 1. The highest BCUT2D eigenvalue weighted by Crippen LogP contribution is 2.41. The zero-order chi connectivity index (χ0) is 21.5. The van der Waals surface area contributed by atoms with Gasteiger partial charge < -0.3 is 4.74 Å². The first-order chi connectivity index (χ1) is 14.2. The molecule has 30 heavy (non-hydrogen) atoms. The lowest BCUT2D eigenvalue weighted by Crippen LogP contribution is -2.28. The summed E-state index contributed by atoms with van der Waals surface area (Å²) in [5.41, 5.74) is 0.453. The number of carbonyl (C=O) groups is 1. The van der Waals surface area contributed by atoms with Gasteiger partial charge in [0.25, 0.3) is 0 Å². The second-order valence-electron chi connectivity index (χ2n) is 7.24. The minimum absolute atomic E-state index is 0.0518. The van der Waals surface area contributed by atoms with Crippen LogP contribution in [-0.4, -0.2) is 41.1 Å². The van der Waals surface area contributed by atoms with Crippen LogP contribution in [0.15, 0.2) is 92.6 Å². The molecule has 0 aromatic heterocycles. The number of hydrogen-bond acceptors (Lipinski definition) is 6. The molecule has 2 aromatic carbocycles. The summed E-state index contributed by atoms with van der Waals surface area (Å²) in [5.74, 6) is -1.07. The van der Waals surface area contributed by atoms with Crippen molar-refractivity contribution in [1.82, 2.24) is 0 Å². The highest BCUT2D eigenvalue weighted by atomic mass is 32.2. The van der Waals surface area contributed by atoms with Crippen LogP contribution >= 0.6 is 0 Å². The fourth-order valence-corrected chi connectivity index (χ4v) is 7.13. The van der Waals surface area contributed by atoms with Crippen LogP contribution in [0.25, 0.3) is 0 Å². The summed E-state index contributed by atoms with van der Waals surface area (Å²) >= 11 is 0. The number of ether oxygens (including phenoxy) is 1. The molecule has 0 N–H and O–H groups in total. The van der Waals surface area contributed by atoms with Gasteiger partial charge in [-0.05, 0) is 41.5 Å². The van der Waals surface area contributed by atoms with E-state index in [1.165, 1.54) is 30.3 Å². The molecule has 2 atom stereocenters. The molecule has 1 unspecified atom stereocenters. The lowest BCUT2D eigenvalue weighted by Gasteiger charge is -2.19. The van der Waals surface area contributed by atoms with Gasteiger partial charge in [-0.2, -0.15) is 0 Å². The summed E-state index contributed by atoms with van der Waals surface area (Å²) in [6.45, 7) is 1.07. The van der Waals surface area contributed by atoms with Gasteiger partial charge in [0.2, 0.25) is 9.84 Å². The molecule has 0 fully saturated rings. The molecule has 8 heteroatoms. The molecule has 0 saturated heterocycles. The van der Waals surface area contributed by atoms with Crippen LogP contribution in [0.4, 0.5) is 0 Å². The van der Waals surface area contributed by atoms with Crippen molar-refractivity contribution in [3.8, 4) is 0 Å². The average Bonchev–Trinajstić information content (AvgIpc) is 2.91. The molecule has 0 spiro atoms. The molecule has 0 bridgehead atoms. The Labute approximate surface area is 175 Å². The fraction of sp³-hybridized carbons (Fsp3) is 0.227. The van der Waals surface area contributed by atoms with E-state index >= 15 is 0 Å². The molecule has 0 radical (unpaired) electrons. The van der Waals surface area contributed by atoms with Crippen molar-refractivity contribution >= 4 is 25.5 Å². The number of carbonyl (C=O) groups excluding carboxylic acids is 1. The lowest BCUT2D eigenvalue weighted by molar-refractivity contribution is -0.116. The summed E-state index contributed by atoms with van der Waals surface area (Å²) in [7, 11) is -7.86. The van der Waals surface area contributed by atoms with Crippen LogP contribution in [0.2, 0.25) is 0 Å². The number of rotatable bonds is 4. The van der Waals surface area contributed by atoms with Crippen molar-refractivity contribution in [3.05, 3.63) is 82.8 Å². The highest BCUT2D eigenvalue weighted by molar-refractivity contribution is 7.95. The van der Waals surface area contributed by atoms with E-state index in [1.54, 1.807) is 43.3 Å². The Hall–Kier alpha value is -2.55. The second-order valence-corrected chi connectivity index (χ2v) is 11.3. The van der Waals surface area contributed by atoms with Gasteiger partial charge in [0.05, 0.1) is 27.9 Å². The molecular weight excluding hydrogens is 424 g/mol. The number of sulfone groups is 2. The lowest BCUT2D eigenvalue weighted by atomic mass is 9.98. The molecule has 1 heterocycles. The maximum absolute atomic E-state index is 13.3. The zero-order valence-corrected chi connectivity index (χ0v) is 17.8. The first kappa shape index (κ1) is 20.7. The number of ketones is 1. The molecular formula is C22H20O6S2. The monoisotopic (exact) mass is 444 g/mol. The maximum Gasteiger partial charge on any atom is 0.205 e. The summed E-state index contributed by atoms with van der Waals surface area (Å²) in [6.07, 6.45) is 1.26. The van der Waals surface area contributed by atoms with Crippen LogP contribution < -0.4 is 0 Å². The third kappa shape index (κ3) is 3.34. The van der Waals surface area contributed by atoms with Crippen LogP contribution in [0.3, 0.4) is 0 Å². The van der Waals surface area contributed by atoms with Gasteiger partial charge >= 0.3 is 0 Å². The summed E-state index contributed by atoms with van der Waals surface area (Å²) < 4.78 is 58.9. The minimum Gasteiger partial charge on any atom is -0.374 e. The van der Waals surface area contributed by atoms with Crippen molar-refractivity contribution in [1.29, 1.82) is 0 Å². The second kappa shape index (κ2) is 7.61. The molecule has 0 saturated carbocycles. The van der Waals surface area contributed by atoms with Gasteiger partial charge in [0, 0.05) is 5.92 Å². The van der Waals surface area contributed by atoms with Gasteiger partial charge in [-0.3, -0.25) is 4.79 Å². The molecule has 1 aliphatic heterocycles. The predicted octanol–water partition coefficient (Wildman–Crippen LogP) is 2.73. The summed E-state index contributed by atoms with van der Waals surface area (Å²) in [6, 6.07) is 15.8. The molecule has 0 amide bonds. The van der Waals surface area contributed by atoms with Gasteiger partial charge in [-0.15, -0.1) is 0 Å². The molecule has 4 rings (SSSR count). The van der Waals surface area contributed by atoms with Crippen molar-refractivity contribution in [2.24, 2.45) is 5.92 Å². The Morgan fingerprint density at radius 2 is 1.43 bits per heavy atom. The molecule has 6 nitrogen and oxygen atoms in total. The Bertz CT molecular complexity index is 1260. The summed E-state index contributed by atoms with van der Waals surface area (Å²) in [5, 5.41) is -1.16. The van der Waals surface area contributed by atoms with E-state index in [2.05, 4.69) is 0 Å². The Kier molecular flexibility index (Phi) is 5.25. The molecule has 1 aliphatic carbocycles. The van der Waals surface area contributed by atoms with Crippen LogP contribution in [0, 0.1) is 5.92 Å². The molecule has 2 aliphatic rings. The zero-order valence-electron chi connectivity index (χ0n) is 16.2. The van der Waals surface area contributed by atoms with Crippen LogP contribution in [0.1, 0.15) is 6.92 Å². The summed E-state index contributed by atoms with van der Waals surface area (Å²) in [4.78, 5) is 12.7. The Morgan fingerprint density at radius 3 is 2.03 bits per heavy atom. The quantitative estimate of drug-likeness (QED) is 0.720. The standard InChI is InChI=1S/C22H20O6S2/c1-15-19(23)12-18-20(29(24,25)16-8-4-2-5-9-16)13-28-14-21(22(15)18)30(26,27)17-10-6-3-7-11-17/h2-12,15,20H,13-14H2,1H3/t15?,20-/m0/s1. The first-order valence-corrected chi connectivity index (χ1v) is 12.4. The van der Waals surface area contributed by atoms with Gasteiger partial charge in [-0.1, -0.05) is 43.3 Å². The predicted molar refractivity (Wildman–Crippen MR) is 111 cm³/mol. The van der Waals surface area contributed by atoms with Gasteiger partial charge in [0.1, 0.15) is 5.25 Å². The van der Waals surface area contributed by atoms with Gasteiger partial charge in [0.15, 0.2) is 15.6 Å². The third-order valence-electron chi connectivity index (χ3n) is 5.44. The third-order valence-corrected chi connectivity index (χ3v) is 9.39. The van der Waals surface area contributed by atoms with Crippen molar-refractivity contribution < 1.29 is 26.4 Å². The SMILES string of the molecule is CC1C(=O)C=C2C1=C(S(=O)(=O)c1ccccc1)COC[C@@H]2S(=O)(=O)c1ccccc1. The average molecular weight is 445 g/mol. The van der Waals surface area contributed by atoms with E-state index in [4.69, 9.17) is 4.74 Å². The van der Waals surface area contributed by atoms with E-state index in [0.29, 0.717) is 0 Å². The maximum atomic E-state index is 13.3. The number of benzene rings is 2. The van der Waals surface area contributed by atoms with Gasteiger partial charge in [-0.25, -0.2) is 16.8 Å². The van der Waals surface area contributed by atoms with E-state index in [-0.39, 0.29) is 44.8 Å². The Morgan fingerprint density at radius 1 is 0.867 bits per heavy atom. The Balaban J connectivity index is 1.90. The van der Waals surface area contributed by atoms with Crippen molar-refractivity contribution in [2.75, 3.05) is 13.2 Å². The van der Waals surface area contributed by atoms with Crippen molar-refractivity contribution in [3.63, 3.8) is 0 Å². The molecule has 156 valence electrons. The van der Waals surface area contributed by atoms with Crippen molar-refractivity contribution in [2.45, 2.75) is 22.0 Å². The smallest absolute Gasteiger partial charge is 0.205 e. The van der Waals surface area contributed by atoms with Crippen LogP contribution in [-0.2, 0) is 29.2 Å². The number of allylic oxidation sites excluding steroid dienone is 2. The molecule has 2 aromatic rings. The largest absolute Gasteiger partial charge is 0.374 e. The topological polar surface area (TPSA) is 94.6 Å². The first-order valence-electron chi connectivity index (χ1n) is 9.40. The van der Waals surface area contributed by atoms with E-state index in [0.717, 1.165) is 0 Å². The highest BCUT2D eigenvalue weighted by Gasteiger charge is 2.44. The fourth-order valence-electron chi connectivity index (χ4n) is 3.84. The van der Waals surface area contributed by atoms with Crippen LogP contribution in [0.5, 0.6) is 0 Å². The normalized spacial score (nSPS) is 22.4. The van der Waals surface area contributed by atoms with E-state index < -0.39 is 30.8 Å². The van der Waals surface area contributed by atoms with E-state index in [1.807, 2.05) is 0 Å². The van der Waals surface area contributed by atoms with E-state index in [9.17, 15) is 21.6 Å². The number of hydrogen-bond donors (Lipinski definition) is 0. The minimum atomic E-state index is -3.96.